The molecule has 2 heterocycles. The van der Waals surface area contributed by atoms with Crippen LogP contribution in [0.4, 0.5) is 0 Å². The van der Waals surface area contributed by atoms with Gasteiger partial charge < -0.3 is 10.1 Å². The molecule has 0 saturated carbocycles. The summed E-state index contributed by atoms with van der Waals surface area (Å²) in [5, 5.41) is 7.76. The number of aromatic nitrogens is 3. The van der Waals surface area contributed by atoms with Crippen molar-refractivity contribution >= 4 is 0 Å². The molecule has 21 heavy (non-hydrogen) atoms. The topological polar surface area (TPSA) is 52.0 Å². The standard InChI is InChI=1S/C16H22N4O/c1-3-8-17-13(10-16-18-11-19-20(16)2)15-9-12-6-4-5-7-14(12)21-15/h4-7,11,13,15,17H,3,8-10H2,1-2H3. The molecule has 1 aromatic carbocycles. The van der Waals surface area contributed by atoms with Crippen molar-refractivity contribution in [3.8, 4) is 5.75 Å². The molecule has 2 unspecified atom stereocenters. The first kappa shape index (κ1) is 14.1. The third-order valence-corrected chi connectivity index (χ3v) is 3.98. The van der Waals surface area contributed by atoms with Gasteiger partial charge >= 0.3 is 0 Å². The molecule has 0 fully saturated rings. The zero-order valence-electron chi connectivity index (χ0n) is 12.6. The van der Waals surface area contributed by atoms with Gasteiger partial charge in [-0.1, -0.05) is 25.1 Å². The van der Waals surface area contributed by atoms with Crippen molar-refractivity contribution < 1.29 is 4.74 Å². The predicted molar refractivity (Wildman–Crippen MR) is 81.4 cm³/mol. The van der Waals surface area contributed by atoms with E-state index in [4.69, 9.17) is 4.74 Å². The first-order valence-corrected chi connectivity index (χ1v) is 7.58. The highest BCUT2D eigenvalue weighted by atomic mass is 16.5. The Morgan fingerprint density at radius 1 is 1.43 bits per heavy atom. The molecule has 0 amide bonds. The zero-order valence-corrected chi connectivity index (χ0v) is 12.6. The first-order chi connectivity index (χ1) is 10.3. The Hall–Kier alpha value is -1.88. The van der Waals surface area contributed by atoms with E-state index in [9.17, 15) is 0 Å². The van der Waals surface area contributed by atoms with Crippen molar-refractivity contribution in [2.45, 2.75) is 38.3 Å². The summed E-state index contributed by atoms with van der Waals surface area (Å²) in [6.45, 7) is 3.16. The van der Waals surface area contributed by atoms with E-state index >= 15 is 0 Å². The fourth-order valence-electron chi connectivity index (χ4n) is 2.80. The summed E-state index contributed by atoms with van der Waals surface area (Å²) < 4.78 is 7.97. The summed E-state index contributed by atoms with van der Waals surface area (Å²) in [6.07, 6.45) is 4.65. The van der Waals surface area contributed by atoms with Gasteiger partial charge in [0.15, 0.2) is 0 Å². The molecule has 2 atom stereocenters. The smallest absolute Gasteiger partial charge is 0.138 e. The van der Waals surface area contributed by atoms with Crippen LogP contribution in [0.5, 0.6) is 5.75 Å². The van der Waals surface area contributed by atoms with E-state index in [0.29, 0.717) is 0 Å². The number of nitrogens with zero attached hydrogens (tertiary/aromatic N) is 3. The van der Waals surface area contributed by atoms with Crippen LogP contribution in [0.25, 0.3) is 0 Å². The molecule has 112 valence electrons. The Bertz CT molecular complexity index is 570. The summed E-state index contributed by atoms with van der Waals surface area (Å²) in [5.74, 6) is 2.01. The monoisotopic (exact) mass is 286 g/mol. The van der Waals surface area contributed by atoms with Crippen molar-refractivity contribution in [3.05, 3.63) is 42.0 Å². The molecule has 1 aromatic heterocycles. The minimum Gasteiger partial charge on any atom is -0.488 e. The molecule has 0 saturated heterocycles. The number of hydrogen-bond acceptors (Lipinski definition) is 4. The van der Waals surface area contributed by atoms with Crippen molar-refractivity contribution in [2.75, 3.05) is 6.54 Å². The van der Waals surface area contributed by atoms with E-state index in [2.05, 4.69) is 40.5 Å². The number of fused-ring (bicyclic) bond motifs is 1. The number of hydrogen-bond donors (Lipinski definition) is 1. The highest BCUT2D eigenvalue weighted by Gasteiger charge is 2.30. The molecule has 5 nitrogen and oxygen atoms in total. The van der Waals surface area contributed by atoms with E-state index in [1.165, 1.54) is 5.56 Å². The number of nitrogens with one attached hydrogen (secondary N) is 1. The summed E-state index contributed by atoms with van der Waals surface area (Å²) in [5.41, 5.74) is 1.30. The van der Waals surface area contributed by atoms with Gasteiger partial charge in [-0.05, 0) is 24.6 Å². The second-order valence-corrected chi connectivity index (χ2v) is 5.53. The van der Waals surface area contributed by atoms with Gasteiger partial charge in [0.25, 0.3) is 0 Å². The lowest BCUT2D eigenvalue weighted by Crippen LogP contribution is -2.44. The lowest BCUT2D eigenvalue weighted by Gasteiger charge is -2.24. The first-order valence-electron chi connectivity index (χ1n) is 7.58. The molecule has 0 bridgehead atoms. The molecule has 5 heteroatoms. The second kappa shape index (κ2) is 6.26. The van der Waals surface area contributed by atoms with Crippen LogP contribution in [0.2, 0.25) is 0 Å². The maximum absolute atomic E-state index is 6.13. The van der Waals surface area contributed by atoms with E-state index in [-0.39, 0.29) is 12.1 Å². The number of benzene rings is 1. The molecule has 1 N–H and O–H groups in total. The maximum atomic E-state index is 6.13. The predicted octanol–water partition coefficient (Wildman–Crippen LogP) is 1.73. The minimum absolute atomic E-state index is 0.158. The van der Waals surface area contributed by atoms with Gasteiger partial charge in [0.05, 0.1) is 6.04 Å². The lowest BCUT2D eigenvalue weighted by atomic mass is 10.0. The third-order valence-electron chi connectivity index (χ3n) is 3.98. The van der Waals surface area contributed by atoms with Gasteiger partial charge in [-0.2, -0.15) is 5.10 Å². The van der Waals surface area contributed by atoms with Crippen LogP contribution in [-0.2, 0) is 19.9 Å². The van der Waals surface area contributed by atoms with Crippen LogP contribution in [0.15, 0.2) is 30.6 Å². The average Bonchev–Trinajstić information content (AvgIpc) is 3.09. The molecular weight excluding hydrogens is 264 g/mol. The Morgan fingerprint density at radius 2 is 2.29 bits per heavy atom. The Kier molecular flexibility index (Phi) is 4.20. The van der Waals surface area contributed by atoms with Crippen molar-refractivity contribution in [2.24, 2.45) is 7.05 Å². The molecule has 0 spiro atoms. The van der Waals surface area contributed by atoms with Gasteiger partial charge in [-0.25, -0.2) is 4.98 Å². The molecule has 1 aliphatic heterocycles. The SMILES string of the molecule is CCCNC(Cc1ncnn1C)C1Cc2ccccc2O1. The highest BCUT2D eigenvalue weighted by molar-refractivity contribution is 5.37. The van der Waals surface area contributed by atoms with E-state index < -0.39 is 0 Å². The van der Waals surface area contributed by atoms with Gasteiger partial charge in [0.1, 0.15) is 24.0 Å². The van der Waals surface area contributed by atoms with Crippen LogP contribution < -0.4 is 10.1 Å². The van der Waals surface area contributed by atoms with Crippen LogP contribution >= 0.6 is 0 Å². The van der Waals surface area contributed by atoms with E-state index in [1.807, 2.05) is 17.8 Å². The maximum Gasteiger partial charge on any atom is 0.138 e. The minimum atomic E-state index is 0.158. The van der Waals surface area contributed by atoms with Crippen LogP contribution in [0.3, 0.4) is 0 Å². The lowest BCUT2D eigenvalue weighted by molar-refractivity contribution is 0.175. The van der Waals surface area contributed by atoms with Crippen molar-refractivity contribution in [3.63, 3.8) is 0 Å². The Balaban J connectivity index is 1.73. The number of para-hydroxylation sites is 1. The molecule has 0 radical (unpaired) electrons. The number of aryl methyl sites for hydroxylation is 1. The average molecular weight is 286 g/mol. The van der Waals surface area contributed by atoms with E-state index in [1.54, 1.807) is 6.33 Å². The van der Waals surface area contributed by atoms with Crippen LogP contribution in [0, 0.1) is 0 Å². The van der Waals surface area contributed by atoms with Gasteiger partial charge in [0.2, 0.25) is 0 Å². The number of rotatable bonds is 6. The number of ether oxygens (including phenoxy) is 1. The highest BCUT2D eigenvalue weighted by Crippen LogP contribution is 2.30. The summed E-state index contributed by atoms with van der Waals surface area (Å²) >= 11 is 0. The second-order valence-electron chi connectivity index (χ2n) is 5.53. The van der Waals surface area contributed by atoms with Crippen molar-refractivity contribution in [1.82, 2.24) is 20.1 Å². The summed E-state index contributed by atoms with van der Waals surface area (Å²) in [4.78, 5) is 4.34. The zero-order chi connectivity index (χ0) is 14.7. The van der Waals surface area contributed by atoms with Crippen molar-refractivity contribution in [1.29, 1.82) is 0 Å². The largest absolute Gasteiger partial charge is 0.488 e. The van der Waals surface area contributed by atoms with Gasteiger partial charge in [-0.15, -0.1) is 0 Å². The van der Waals surface area contributed by atoms with E-state index in [0.717, 1.165) is 37.4 Å². The molecule has 2 aromatic rings. The Morgan fingerprint density at radius 3 is 3.00 bits per heavy atom. The molecule has 1 aliphatic rings. The fraction of sp³-hybridized carbons (Fsp3) is 0.500. The Labute approximate surface area is 125 Å². The summed E-state index contributed by atoms with van der Waals surface area (Å²) in [7, 11) is 1.93. The molecule has 3 rings (SSSR count). The quantitative estimate of drug-likeness (QED) is 0.878. The van der Waals surface area contributed by atoms with Crippen LogP contribution in [-0.4, -0.2) is 33.5 Å². The third kappa shape index (κ3) is 3.08. The fourth-order valence-corrected chi connectivity index (χ4v) is 2.80. The molecule has 0 aliphatic carbocycles. The summed E-state index contributed by atoms with van der Waals surface area (Å²) in [6, 6.07) is 8.55. The van der Waals surface area contributed by atoms with Gasteiger partial charge in [-0.3, -0.25) is 4.68 Å². The molecular formula is C16H22N4O. The van der Waals surface area contributed by atoms with Gasteiger partial charge in [0, 0.05) is 19.9 Å². The van der Waals surface area contributed by atoms with Crippen LogP contribution in [0.1, 0.15) is 24.7 Å². The normalized spacial score (nSPS) is 18.3.